The van der Waals surface area contributed by atoms with Crippen molar-refractivity contribution in [2.75, 3.05) is 0 Å². The van der Waals surface area contributed by atoms with Crippen LogP contribution >= 0.6 is 0 Å². The van der Waals surface area contributed by atoms with Gasteiger partial charge in [-0.15, -0.1) is 0 Å². The number of carbonyl (C=O) groups excluding carboxylic acids is 1. The summed E-state index contributed by atoms with van der Waals surface area (Å²) in [4.78, 5) is 10.9. The number of hydrogen-bond donors (Lipinski definition) is 0. The summed E-state index contributed by atoms with van der Waals surface area (Å²) in [6.07, 6.45) is 8.30. The minimum Gasteiger partial charge on any atom is -0.459 e. The van der Waals surface area contributed by atoms with E-state index in [-0.39, 0.29) is 12.1 Å². The first-order valence-corrected chi connectivity index (χ1v) is 6.96. The van der Waals surface area contributed by atoms with E-state index < -0.39 is 0 Å². The number of esters is 1. The van der Waals surface area contributed by atoms with Gasteiger partial charge in [-0.1, -0.05) is 38.5 Å². The molecule has 0 fully saturated rings. The van der Waals surface area contributed by atoms with E-state index in [9.17, 15) is 4.79 Å². The van der Waals surface area contributed by atoms with Crippen LogP contribution in [0.5, 0.6) is 0 Å². The summed E-state index contributed by atoms with van der Waals surface area (Å²) in [5.74, 6) is 6.17. The zero-order valence-corrected chi connectivity index (χ0v) is 12.2. The van der Waals surface area contributed by atoms with Crippen molar-refractivity contribution >= 4 is 5.97 Å². The highest BCUT2D eigenvalue weighted by Gasteiger charge is 2.03. The second-order valence-electron chi connectivity index (χ2n) is 4.52. The molecule has 0 aromatic carbocycles. The second-order valence-corrected chi connectivity index (χ2v) is 4.52. The Balaban J connectivity index is 4.47. The molecule has 0 aromatic heterocycles. The molecule has 0 N–H and O–H groups in total. The van der Waals surface area contributed by atoms with Crippen LogP contribution < -0.4 is 0 Å². The molecule has 0 aliphatic heterocycles. The van der Waals surface area contributed by atoms with Crippen molar-refractivity contribution in [1.29, 1.82) is 0 Å². The lowest BCUT2D eigenvalue weighted by atomic mass is 10.1. The fourth-order valence-electron chi connectivity index (χ4n) is 1.58. The lowest BCUT2D eigenvalue weighted by Crippen LogP contribution is -2.09. The number of carbonyl (C=O) groups is 1. The first kappa shape index (κ1) is 16.8. The summed E-state index contributed by atoms with van der Waals surface area (Å²) in [6, 6.07) is 0. The van der Waals surface area contributed by atoms with E-state index in [1.807, 2.05) is 13.0 Å². The van der Waals surface area contributed by atoms with Crippen LogP contribution in [0.3, 0.4) is 0 Å². The van der Waals surface area contributed by atoms with Crippen molar-refractivity contribution in [3.05, 3.63) is 11.6 Å². The summed E-state index contributed by atoms with van der Waals surface area (Å²) >= 11 is 0. The van der Waals surface area contributed by atoms with Crippen LogP contribution in [0.2, 0.25) is 0 Å². The summed E-state index contributed by atoms with van der Waals surface area (Å²) < 4.78 is 5.11. The van der Waals surface area contributed by atoms with E-state index in [1.54, 1.807) is 0 Å². The summed E-state index contributed by atoms with van der Waals surface area (Å²) in [7, 11) is 0. The molecular weight excluding hydrogens is 224 g/mol. The Bertz CT molecular complexity index is 318. The SMILES string of the molecule is CCCCC#C/C(=C\C(C)OC(C)=O)CCCC. The molecule has 0 rings (SSSR count). The van der Waals surface area contributed by atoms with Crippen LogP contribution in [-0.4, -0.2) is 12.1 Å². The maximum Gasteiger partial charge on any atom is 0.303 e. The van der Waals surface area contributed by atoms with Crippen molar-refractivity contribution in [2.45, 2.75) is 72.3 Å². The number of rotatable bonds is 7. The monoisotopic (exact) mass is 250 g/mol. The predicted molar refractivity (Wildman–Crippen MR) is 76.1 cm³/mol. The molecule has 0 saturated heterocycles. The molecule has 0 saturated carbocycles. The fourth-order valence-corrected chi connectivity index (χ4v) is 1.58. The molecule has 0 radical (unpaired) electrons. The third-order valence-corrected chi connectivity index (χ3v) is 2.49. The second kappa shape index (κ2) is 10.9. The minimum absolute atomic E-state index is 0.185. The van der Waals surface area contributed by atoms with Crippen LogP contribution in [0.25, 0.3) is 0 Å². The zero-order valence-electron chi connectivity index (χ0n) is 12.2. The van der Waals surface area contributed by atoms with Gasteiger partial charge in [0.25, 0.3) is 0 Å². The Morgan fingerprint density at radius 3 is 2.50 bits per heavy atom. The highest BCUT2D eigenvalue weighted by atomic mass is 16.5. The van der Waals surface area contributed by atoms with Crippen LogP contribution in [-0.2, 0) is 9.53 Å². The number of hydrogen-bond acceptors (Lipinski definition) is 2. The lowest BCUT2D eigenvalue weighted by molar-refractivity contribution is -0.143. The third kappa shape index (κ3) is 9.96. The summed E-state index contributed by atoms with van der Waals surface area (Å²) in [6.45, 7) is 7.64. The van der Waals surface area contributed by atoms with Crippen molar-refractivity contribution in [3.63, 3.8) is 0 Å². The molecule has 102 valence electrons. The molecule has 2 heteroatoms. The van der Waals surface area contributed by atoms with Crippen LogP contribution in [0.1, 0.15) is 66.2 Å². The zero-order chi connectivity index (χ0) is 13.8. The van der Waals surface area contributed by atoms with Crippen LogP contribution in [0.4, 0.5) is 0 Å². The fraction of sp³-hybridized carbons (Fsp3) is 0.688. The van der Waals surface area contributed by atoms with Gasteiger partial charge >= 0.3 is 5.97 Å². The number of unbranched alkanes of at least 4 members (excludes halogenated alkanes) is 3. The number of ether oxygens (including phenoxy) is 1. The van der Waals surface area contributed by atoms with E-state index in [0.717, 1.165) is 37.7 Å². The molecule has 2 nitrogen and oxygen atoms in total. The Morgan fingerprint density at radius 2 is 1.94 bits per heavy atom. The third-order valence-electron chi connectivity index (χ3n) is 2.49. The van der Waals surface area contributed by atoms with Gasteiger partial charge in [-0.25, -0.2) is 0 Å². The molecule has 0 aromatic rings. The van der Waals surface area contributed by atoms with E-state index in [2.05, 4.69) is 25.7 Å². The molecule has 0 aliphatic rings. The maximum absolute atomic E-state index is 10.9. The van der Waals surface area contributed by atoms with Gasteiger partial charge in [0.2, 0.25) is 0 Å². The Labute approximate surface area is 112 Å². The Hall–Kier alpha value is -1.23. The van der Waals surface area contributed by atoms with Gasteiger partial charge < -0.3 is 4.74 Å². The smallest absolute Gasteiger partial charge is 0.303 e. The standard InChI is InChI=1S/C16H26O2/c1-5-7-9-10-12-16(11-8-6-2)13-14(3)18-15(4)17/h13-14H,5-9,11H2,1-4H3/b16-13-. The Morgan fingerprint density at radius 1 is 1.28 bits per heavy atom. The number of allylic oxidation sites excluding steroid dienone is 1. The van der Waals surface area contributed by atoms with Gasteiger partial charge in [-0.2, -0.15) is 0 Å². The molecule has 0 aliphatic carbocycles. The molecule has 0 bridgehead atoms. The molecule has 0 heterocycles. The van der Waals surface area contributed by atoms with Crippen molar-refractivity contribution in [1.82, 2.24) is 0 Å². The van der Waals surface area contributed by atoms with E-state index in [4.69, 9.17) is 4.74 Å². The van der Waals surface area contributed by atoms with Gasteiger partial charge in [0.15, 0.2) is 0 Å². The van der Waals surface area contributed by atoms with Gasteiger partial charge in [0.05, 0.1) is 0 Å². The first-order chi connectivity index (χ1) is 8.60. The molecule has 1 atom stereocenters. The van der Waals surface area contributed by atoms with Crippen molar-refractivity contribution in [2.24, 2.45) is 0 Å². The maximum atomic E-state index is 10.9. The van der Waals surface area contributed by atoms with Crippen LogP contribution in [0.15, 0.2) is 11.6 Å². The first-order valence-electron chi connectivity index (χ1n) is 6.96. The van der Waals surface area contributed by atoms with Gasteiger partial charge in [0.1, 0.15) is 6.10 Å². The van der Waals surface area contributed by atoms with Gasteiger partial charge in [0, 0.05) is 18.9 Å². The average Bonchev–Trinajstić information content (AvgIpc) is 2.30. The van der Waals surface area contributed by atoms with Crippen molar-refractivity contribution in [3.8, 4) is 11.8 Å². The van der Waals surface area contributed by atoms with E-state index in [1.165, 1.54) is 13.3 Å². The Kier molecular flexibility index (Phi) is 10.2. The molecule has 0 amide bonds. The molecular formula is C16H26O2. The highest BCUT2D eigenvalue weighted by Crippen LogP contribution is 2.09. The largest absolute Gasteiger partial charge is 0.459 e. The molecule has 18 heavy (non-hydrogen) atoms. The normalized spacial score (nSPS) is 12.6. The topological polar surface area (TPSA) is 26.3 Å². The van der Waals surface area contributed by atoms with Gasteiger partial charge in [-0.3, -0.25) is 4.79 Å². The predicted octanol–water partition coefficient (Wildman–Crippen LogP) is 4.25. The van der Waals surface area contributed by atoms with E-state index >= 15 is 0 Å². The quantitative estimate of drug-likeness (QED) is 0.383. The van der Waals surface area contributed by atoms with Crippen LogP contribution in [0, 0.1) is 11.8 Å². The molecule has 1 unspecified atom stereocenters. The van der Waals surface area contributed by atoms with Gasteiger partial charge in [-0.05, 0) is 32.3 Å². The van der Waals surface area contributed by atoms with Crippen molar-refractivity contribution < 1.29 is 9.53 Å². The van der Waals surface area contributed by atoms with E-state index in [0.29, 0.717) is 0 Å². The minimum atomic E-state index is -0.243. The summed E-state index contributed by atoms with van der Waals surface area (Å²) in [5.41, 5.74) is 1.10. The molecule has 0 spiro atoms. The summed E-state index contributed by atoms with van der Waals surface area (Å²) in [5, 5.41) is 0. The lowest BCUT2D eigenvalue weighted by Gasteiger charge is -2.08. The average molecular weight is 250 g/mol. The highest BCUT2D eigenvalue weighted by molar-refractivity contribution is 5.66.